The molecule has 1 N–H and O–H groups in total. The third-order valence-electron chi connectivity index (χ3n) is 3.50. The average molecular weight is 356 g/mol. The summed E-state index contributed by atoms with van der Waals surface area (Å²) in [5, 5.41) is 5.84. The molecule has 1 heterocycles. The highest BCUT2D eigenvalue weighted by Gasteiger charge is 2.07. The molecular formula is C19H17FN2O2S. The maximum atomic E-state index is 12.9. The van der Waals surface area contributed by atoms with Gasteiger partial charge in [-0.1, -0.05) is 24.3 Å². The van der Waals surface area contributed by atoms with Crippen molar-refractivity contribution >= 4 is 28.1 Å². The minimum Gasteiger partial charge on any atom is -0.466 e. The molecule has 3 rings (SSSR count). The molecule has 4 nitrogen and oxygen atoms in total. The summed E-state index contributed by atoms with van der Waals surface area (Å²) in [6, 6.07) is 13.8. The Morgan fingerprint density at radius 3 is 2.56 bits per heavy atom. The van der Waals surface area contributed by atoms with Crippen molar-refractivity contribution in [3.63, 3.8) is 0 Å². The van der Waals surface area contributed by atoms with E-state index in [1.165, 1.54) is 23.5 Å². The van der Waals surface area contributed by atoms with Gasteiger partial charge >= 0.3 is 5.97 Å². The van der Waals surface area contributed by atoms with Crippen molar-refractivity contribution in [3.8, 4) is 11.3 Å². The predicted molar refractivity (Wildman–Crippen MR) is 97.6 cm³/mol. The van der Waals surface area contributed by atoms with Crippen LogP contribution in [-0.2, 0) is 16.0 Å². The number of aromatic nitrogens is 1. The van der Waals surface area contributed by atoms with Crippen molar-refractivity contribution in [1.29, 1.82) is 0 Å². The van der Waals surface area contributed by atoms with Crippen LogP contribution >= 0.6 is 11.3 Å². The van der Waals surface area contributed by atoms with Crippen molar-refractivity contribution in [1.82, 2.24) is 4.98 Å². The zero-order valence-corrected chi connectivity index (χ0v) is 14.5. The van der Waals surface area contributed by atoms with Gasteiger partial charge in [-0.2, -0.15) is 0 Å². The summed E-state index contributed by atoms with van der Waals surface area (Å²) >= 11 is 1.47. The maximum absolute atomic E-state index is 12.9. The fourth-order valence-electron chi connectivity index (χ4n) is 2.29. The number of halogens is 1. The van der Waals surface area contributed by atoms with Gasteiger partial charge in [0.1, 0.15) is 5.82 Å². The first-order valence-electron chi connectivity index (χ1n) is 7.87. The first-order valence-corrected chi connectivity index (χ1v) is 8.75. The molecule has 3 aromatic rings. The first kappa shape index (κ1) is 17.1. The molecule has 0 aliphatic rings. The number of hydrogen-bond donors (Lipinski definition) is 1. The SMILES string of the molecule is CCOC(=O)Cc1ccc(-c2csc(Nc3ccc(F)cc3)n2)cc1. The molecular weight excluding hydrogens is 339 g/mol. The van der Waals surface area contributed by atoms with Crippen LogP contribution in [0, 0.1) is 5.82 Å². The van der Waals surface area contributed by atoms with Gasteiger partial charge in [-0.05, 0) is 36.8 Å². The monoisotopic (exact) mass is 356 g/mol. The number of ether oxygens (including phenoxy) is 1. The normalized spacial score (nSPS) is 10.5. The van der Waals surface area contributed by atoms with Crippen molar-refractivity contribution in [2.45, 2.75) is 13.3 Å². The van der Waals surface area contributed by atoms with E-state index in [2.05, 4.69) is 10.3 Å². The van der Waals surface area contributed by atoms with Gasteiger partial charge in [-0.3, -0.25) is 4.79 Å². The van der Waals surface area contributed by atoms with Crippen LogP contribution in [0.5, 0.6) is 0 Å². The zero-order valence-electron chi connectivity index (χ0n) is 13.7. The molecule has 2 aromatic carbocycles. The van der Waals surface area contributed by atoms with Crippen molar-refractivity contribution in [2.75, 3.05) is 11.9 Å². The molecule has 0 spiro atoms. The molecule has 0 saturated carbocycles. The summed E-state index contributed by atoms with van der Waals surface area (Å²) in [5.41, 5.74) is 3.50. The highest BCUT2D eigenvalue weighted by Crippen LogP contribution is 2.27. The largest absolute Gasteiger partial charge is 0.466 e. The van der Waals surface area contributed by atoms with Crippen LogP contribution in [0.2, 0.25) is 0 Å². The van der Waals surface area contributed by atoms with E-state index in [0.29, 0.717) is 6.61 Å². The van der Waals surface area contributed by atoms with Crippen LogP contribution < -0.4 is 5.32 Å². The van der Waals surface area contributed by atoms with E-state index in [4.69, 9.17) is 4.74 Å². The molecule has 0 atom stereocenters. The summed E-state index contributed by atoms with van der Waals surface area (Å²) in [6.45, 7) is 2.18. The highest BCUT2D eigenvalue weighted by atomic mass is 32.1. The van der Waals surface area contributed by atoms with Crippen LogP contribution in [0.1, 0.15) is 12.5 Å². The summed E-state index contributed by atoms with van der Waals surface area (Å²) in [4.78, 5) is 16.0. The van der Waals surface area contributed by atoms with E-state index in [1.807, 2.05) is 29.6 Å². The lowest BCUT2D eigenvalue weighted by Gasteiger charge is -2.03. The Kier molecular flexibility index (Phi) is 5.40. The molecule has 0 aliphatic carbocycles. The van der Waals surface area contributed by atoms with Gasteiger partial charge in [0, 0.05) is 16.6 Å². The summed E-state index contributed by atoms with van der Waals surface area (Å²) < 4.78 is 17.9. The fraction of sp³-hybridized carbons (Fsp3) is 0.158. The number of hydrogen-bond acceptors (Lipinski definition) is 5. The number of benzene rings is 2. The van der Waals surface area contributed by atoms with Gasteiger partial charge in [0.05, 0.1) is 18.7 Å². The van der Waals surface area contributed by atoms with E-state index in [0.717, 1.165) is 27.6 Å². The zero-order chi connectivity index (χ0) is 17.6. The van der Waals surface area contributed by atoms with Gasteiger partial charge in [0.2, 0.25) is 0 Å². The number of anilines is 2. The highest BCUT2D eigenvalue weighted by molar-refractivity contribution is 7.14. The van der Waals surface area contributed by atoms with E-state index in [-0.39, 0.29) is 18.2 Å². The molecule has 0 bridgehead atoms. The Morgan fingerprint density at radius 1 is 1.16 bits per heavy atom. The maximum Gasteiger partial charge on any atom is 0.310 e. The van der Waals surface area contributed by atoms with E-state index < -0.39 is 0 Å². The van der Waals surface area contributed by atoms with Crippen LogP contribution in [0.3, 0.4) is 0 Å². The second-order valence-electron chi connectivity index (χ2n) is 5.35. The number of thiazole rings is 1. The fourth-order valence-corrected chi connectivity index (χ4v) is 3.03. The Balaban J connectivity index is 1.67. The molecule has 0 radical (unpaired) electrons. The van der Waals surface area contributed by atoms with Crippen LogP contribution in [0.25, 0.3) is 11.3 Å². The molecule has 128 valence electrons. The van der Waals surface area contributed by atoms with Gasteiger partial charge < -0.3 is 10.1 Å². The van der Waals surface area contributed by atoms with Crippen LogP contribution in [0.15, 0.2) is 53.9 Å². The molecule has 0 amide bonds. The smallest absolute Gasteiger partial charge is 0.310 e. The van der Waals surface area contributed by atoms with Crippen molar-refractivity contribution in [3.05, 3.63) is 65.3 Å². The van der Waals surface area contributed by atoms with Gasteiger partial charge in [0.25, 0.3) is 0 Å². The van der Waals surface area contributed by atoms with E-state index >= 15 is 0 Å². The average Bonchev–Trinajstić information content (AvgIpc) is 3.06. The lowest BCUT2D eigenvalue weighted by Crippen LogP contribution is -2.07. The quantitative estimate of drug-likeness (QED) is 0.645. The molecule has 0 saturated heterocycles. The number of nitrogens with zero attached hydrogens (tertiary/aromatic N) is 1. The molecule has 1 aromatic heterocycles. The third-order valence-corrected chi connectivity index (χ3v) is 4.26. The molecule has 0 fully saturated rings. The van der Waals surface area contributed by atoms with Crippen molar-refractivity contribution in [2.24, 2.45) is 0 Å². The minimum absolute atomic E-state index is 0.227. The Morgan fingerprint density at radius 2 is 1.88 bits per heavy atom. The topological polar surface area (TPSA) is 51.2 Å². The Bertz CT molecular complexity index is 845. The second-order valence-corrected chi connectivity index (χ2v) is 6.21. The number of nitrogens with one attached hydrogen (secondary N) is 1. The number of carbonyl (C=O) groups is 1. The number of esters is 1. The summed E-state index contributed by atoms with van der Waals surface area (Å²) in [5.74, 6) is -0.497. The molecule has 25 heavy (non-hydrogen) atoms. The van der Waals surface area contributed by atoms with E-state index in [1.54, 1.807) is 19.1 Å². The van der Waals surface area contributed by atoms with Crippen LogP contribution in [0.4, 0.5) is 15.2 Å². The Hall–Kier alpha value is -2.73. The van der Waals surface area contributed by atoms with Crippen molar-refractivity contribution < 1.29 is 13.9 Å². The number of rotatable bonds is 6. The number of carbonyl (C=O) groups excluding carboxylic acids is 1. The van der Waals surface area contributed by atoms with Gasteiger partial charge in [-0.15, -0.1) is 11.3 Å². The van der Waals surface area contributed by atoms with Crippen LogP contribution in [-0.4, -0.2) is 17.6 Å². The third kappa shape index (κ3) is 4.64. The molecule has 0 aliphatic heterocycles. The summed E-state index contributed by atoms with van der Waals surface area (Å²) in [6.07, 6.45) is 0.266. The van der Waals surface area contributed by atoms with E-state index in [9.17, 15) is 9.18 Å². The lowest BCUT2D eigenvalue weighted by molar-refractivity contribution is -0.142. The lowest BCUT2D eigenvalue weighted by atomic mass is 10.1. The molecule has 6 heteroatoms. The minimum atomic E-state index is -0.270. The summed E-state index contributed by atoms with van der Waals surface area (Å²) in [7, 11) is 0. The standard InChI is InChI=1S/C19H17FN2O2S/c1-2-24-18(23)11-13-3-5-14(6-4-13)17-12-25-19(22-17)21-16-9-7-15(20)8-10-16/h3-10,12H,2,11H2,1H3,(H,21,22). The Labute approximate surface area is 149 Å². The first-order chi connectivity index (χ1) is 12.1. The van der Waals surface area contributed by atoms with Gasteiger partial charge in [-0.25, -0.2) is 9.37 Å². The van der Waals surface area contributed by atoms with Gasteiger partial charge in [0.15, 0.2) is 5.13 Å². The predicted octanol–water partition coefficient (Wildman–Crippen LogP) is 4.80. The molecule has 0 unspecified atom stereocenters. The second kappa shape index (κ2) is 7.90.